The first-order chi connectivity index (χ1) is 11.6. The van der Waals surface area contributed by atoms with Crippen LogP contribution in [0.15, 0.2) is 60.8 Å². The summed E-state index contributed by atoms with van der Waals surface area (Å²) in [4.78, 5) is 0. The molecule has 0 saturated carbocycles. The Morgan fingerprint density at radius 3 is 2.62 bits per heavy atom. The van der Waals surface area contributed by atoms with Crippen LogP contribution in [0.4, 0.5) is 0 Å². The molecule has 0 bridgehead atoms. The third-order valence-corrected chi connectivity index (χ3v) is 5.05. The minimum atomic E-state index is 0.174. The van der Waals surface area contributed by atoms with Crippen molar-refractivity contribution >= 4 is 11.6 Å². The summed E-state index contributed by atoms with van der Waals surface area (Å²) in [6, 6.07) is 19.5. The summed E-state index contributed by atoms with van der Waals surface area (Å²) in [5.41, 5.74) is 6.33. The predicted octanol–water partition coefficient (Wildman–Crippen LogP) is 5.45. The molecule has 3 heteroatoms. The highest BCUT2D eigenvalue weighted by Crippen LogP contribution is 2.32. The van der Waals surface area contributed by atoms with Gasteiger partial charge in [0, 0.05) is 23.5 Å². The Labute approximate surface area is 148 Å². The smallest absolute Gasteiger partial charge is 0.0737 e. The standard InChI is InChI=1S/C21H21ClN2/c1-14(2)15-5-7-16(8-6-15)21-19-4-3-11-24(19)20-12-18(22)10-9-17(20)13-23-21/h3-12,14,21,23H,13H2,1-2H3. The fraction of sp³-hybridized carbons (Fsp3) is 0.238. The van der Waals surface area contributed by atoms with Gasteiger partial charge in [-0.25, -0.2) is 0 Å². The van der Waals surface area contributed by atoms with E-state index in [0.717, 1.165) is 17.3 Å². The van der Waals surface area contributed by atoms with Gasteiger partial charge >= 0.3 is 0 Å². The molecule has 2 aromatic carbocycles. The first-order valence-electron chi connectivity index (χ1n) is 8.43. The zero-order valence-electron chi connectivity index (χ0n) is 14.0. The molecule has 0 amide bonds. The third-order valence-electron chi connectivity index (χ3n) is 4.82. The Hall–Kier alpha value is -2.03. The molecule has 1 aliphatic heterocycles. The molecule has 1 N–H and O–H groups in total. The number of halogens is 1. The van der Waals surface area contributed by atoms with Gasteiger partial charge in [-0.3, -0.25) is 0 Å². The van der Waals surface area contributed by atoms with Gasteiger partial charge in [-0.15, -0.1) is 0 Å². The van der Waals surface area contributed by atoms with E-state index < -0.39 is 0 Å². The van der Waals surface area contributed by atoms with Crippen LogP contribution in [0.3, 0.4) is 0 Å². The summed E-state index contributed by atoms with van der Waals surface area (Å²) in [7, 11) is 0. The number of hydrogen-bond acceptors (Lipinski definition) is 1. The van der Waals surface area contributed by atoms with Crippen LogP contribution in [0.1, 0.15) is 48.2 Å². The highest BCUT2D eigenvalue weighted by molar-refractivity contribution is 6.30. The summed E-state index contributed by atoms with van der Waals surface area (Å²) in [5.74, 6) is 0.552. The van der Waals surface area contributed by atoms with E-state index in [-0.39, 0.29) is 6.04 Å². The maximum atomic E-state index is 6.23. The van der Waals surface area contributed by atoms with E-state index in [2.05, 4.69) is 72.4 Å². The molecule has 1 unspecified atom stereocenters. The van der Waals surface area contributed by atoms with Crippen molar-refractivity contribution < 1.29 is 0 Å². The minimum Gasteiger partial charge on any atom is -0.319 e. The molecule has 122 valence electrons. The third kappa shape index (κ3) is 2.66. The highest BCUT2D eigenvalue weighted by Gasteiger charge is 2.23. The lowest BCUT2D eigenvalue weighted by atomic mass is 9.98. The summed E-state index contributed by atoms with van der Waals surface area (Å²) in [6.45, 7) is 5.28. The van der Waals surface area contributed by atoms with E-state index >= 15 is 0 Å². The molecule has 0 radical (unpaired) electrons. The van der Waals surface area contributed by atoms with Gasteiger partial charge < -0.3 is 9.88 Å². The van der Waals surface area contributed by atoms with Crippen LogP contribution < -0.4 is 5.32 Å². The van der Waals surface area contributed by atoms with Crippen molar-refractivity contribution in [2.75, 3.05) is 0 Å². The highest BCUT2D eigenvalue weighted by atomic mass is 35.5. The molecule has 0 saturated heterocycles. The molecule has 0 aliphatic carbocycles. The van der Waals surface area contributed by atoms with Crippen LogP contribution in [0.5, 0.6) is 0 Å². The van der Waals surface area contributed by atoms with Crippen LogP contribution in [0.2, 0.25) is 5.02 Å². The van der Waals surface area contributed by atoms with Crippen LogP contribution in [-0.4, -0.2) is 4.57 Å². The van der Waals surface area contributed by atoms with Gasteiger partial charge in [0.2, 0.25) is 0 Å². The van der Waals surface area contributed by atoms with Gasteiger partial charge in [-0.05, 0) is 46.9 Å². The molecular formula is C21H21ClN2. The molecule has 2 nitrogen and oxygen atoms in total. The Kier molecular flexibility index (Phi) is 3.95. The van der Waals surface area contributed by atoms with Crippen LogP contribution in [-0.2, 0) is 6.54 Å². The van der Waals surface area contributed by atoms with E-state index in [4.69, 9.17) is 11.6 Å². The molecule has 4 rings (SSSR count). The Balaban J connectivity index is 1.78. The van der Waals surface area contributed by atoms with Crippen molar-refractivity contribution in [3.8, 4) is 5.69 Å². The second kappa shape index (κ2) is 6.12. The van der Waals surface area contributed by atoms with Crippen molar-refractivity contribution in [2.45, 2.75) is 32.4 Å². The van der Waals surface area contributed by atoms with E-state index in [0.29, 0.717) is 5.92 Å². The number of nitrogens with zero attached hydrogens (tertiary/aromatic N) is 1. The summed E-state index contributed by atoms with van der Waals surface area (Å²) >= 11 is 6.23. The first-order valence-corrected chi connectivity index (χ1v) is 8.80. The van der Waals surface area contributed by atoms with Crippen LogP contribution in [0, 0.1) is 0 Å². The maximum absolute atomic E-state index is 6.23. The van der Waals surface area contributed by atoms with E-state index in [9.17, 15) is 0 Å². The topological polar surface area (TPSA) is 17.0 Å². The zero-order chi connectivity index (χ0) is 16.7. The fourth-order valence-corrected chi connectivity index (χ4v) is 3.60. The van der Waals surface area contributed by atoms with Gasteiger partial charge in [0.1, 0.15) is 0 Å². The number of fused-ring (bicyclic) bond motifs is 3. The van der Waals surface area contributed by atoms with Crippen LogP contribution in [0.25, 0.3) is 5.69 Å². The van der Waals surface area contributed by atoms with E-state index in [1.165, 1.54) is 22.4 Å². The normalized spacial score (nSPS) is 16.6. The lowest BCUT2D eigenvalue weighted by molar-refractivity contribution is 0.600. The van der Waals surface area contributed by atoms with Gasteiger partial charge in [0.25, 0.3) is 0 Å². The molecule has 0 spiro atoms. The maximum Gasteiger partial charge on any atom is 0.0737 e. The number of nitrogens with one attached hydrogen (secondary N) is 1. The van der Waals surface area contributed by atoms with Gasteiger partial charge in [-0.2, -0.15) is 0 Å². The minimum absolute atomic E-state index is 0.174. The number of aromatic nitrogens is 1. The molecule has 3 aromatic rings. The van der Waals surface area contributed by atoms with Crippen molar-refractivity contribution in [1.82, 2.24) is 9.88 Å². The quantitative estimate of drug-likeness (QED) is 0.658. The van der Waals surface area contributed by atoms with Gasteiger partial charge in [0.05, 0.1) is 11.7 Å². The molecule has 1 atom stereocenters. The summed E-state index contributed by atoms with van der Waals surface area (Å²) < 4.78 is 2.25. The Morgan fingerprint density at radius 1 is 1.08 bits per heavy atom. The molecule has 1 aromatic heterocycles. The second-order valence-corrected chi connectivity index (χ2v) is 7.15. The van der Waals surface area contributed by atoms with Crippen molar-refractivity contribution in [3.05, 3.63) is 88.2 Å². The summed E-state index contributed by atoms with van der Waals surface area (Å²) in [5, 5.41) is 4.47. The van der Waals surface area contributed by atoms with Gasteiger partial charge in [-0.1, -0.05) is 55.8 Å². The number of benzene rings is 2. The molecule has 0 fully saturated rings. The zero-order valence-corrected chi connectivity index (χ0v) is 14.7. The summed E-state index contributed by atoms with van der Waals surface area (Å²) in [6.07, 6.45) is 2.12. The second-order valence-electron chi connectivity index (χ2n) is 6.71. The Bertz CT molecular complexity index is 862. The molecule has 24 heavy (non-hydrogen) atoms. The number of hydrogen-bond donors (Lipinski definition) is 1. The van der Waals surface area contributed by atoms with Crippen molar-refractivity contribution in [3.63, 3.8) is 0 Å². The molecule has 1 aliphatic rings. The fourth-order valence-electron chi connectivity index (χ4n) is 3.44. The average molecular weight is 337 g/mol. The molecular weight excluding hydrogens is 316 g/mol. The SMILES string of the molecule is CC(C)c1ccc(C2NCc3ccc(Cl)cc3-n3cccc32)cc1. The monoisotopic (exact) mass is 336 g/mol. The van der Waals surface area contributed by atoms with Gasteiger partial charge in [0.15, 0.2) is 0 Å². The largest absolute Gasteiger partial charge is 0.319 e. The lowest BCUT2D eigenvalue weighted by Gasteiger charge is -2.19. The molecule has 2 heterocycles. The van der Waals surface area contributed by atoms with Crippen molar-refractivity contribution in [2.24, 2.45) is 0 Å². The van der Waals surface area contributed by atoms with Crippen LogP contribution >= 0.6 is 11.6 Å². The average Bonchev–Trinajstić information content (AvgIpc) is 3.00. The first kappa shape index (κ1) is 15.5. The Morgan fingerprint density at radius 2 is 1.88 bits per heavy atom. The number of rotatable bonds is 2. The predicted molar refractivity (Wildman–Crippen MR) is 100.0 cm³/mol. The lowest BCUT2D eigenvalue weighted by Crippen LogP contribution is -2.21. The van der Waals surface area contributed by atoms with E-state index in [1.807, 2.05) is 12.1 Å². The van der Waals surface area contributed by atoms with Crippen molar-refractivity contribution in [1.29, 1.82) is 0 Å². The van der Waals surface area contributed by atoms with E-state index in [1.54, 1.807) is 0 Å².